The Kier molecular flexibility index (Phi) is 7.19. The van der Waals surface area contributed by atoms with E-state index in [4.69, 9.17) is 0 Å². The normalized spacial score (nSPS) is 10.3. The predicted octanol–water partition coefficient (Wildman–Crippen LogP) is 8.02. The van der Waals surface area contributed by atoms with Crippen LogP contribution in [0.4, 0.5) is 4.39 Å². The molecule has 0 spiro atoms. The minimum Gasteiger partial charge on any atom is -0.204 e. The van der Waals surface area contributed by atoms with Gasteiger partial charge in [0.15, 0.2) is 5.82 Å². The molecule has 0 atom stereocenters. The minimum absolute atomic E-state index is 0.180. The number of benzene rings is 4. The molecule has 0 aliphatic heterocycles. The maximum atomic E-state index is 15.9. The van der Waals surface area contributed by atoms with Gasteiger partial charge in [-0.15, -0.1) is 0 Å². The number of hydrogen-bond donors (Lipinski definition) is 0. The summed E-state index contributed by atoms with van der Waals surface area (Å²) >= 11 is 3.71. The number of rotatable bonds is 6. The first-order valence-corrected chi connectivity index (χ1v) is 12.0. The van der Waals surface area contributed by atoms with Crippen molar-refractivity contribution in [3.8, 4) is 12.1 Å². The Labute approximate surface area is 199 Å². The molecule has 2 nitrogen and oxygen atoms in total. The maximum Gasteiger partial charge on any atom is 0.153 e. The van der Waals surface area contributed by atoms with Crippen LogP contribution in [0.5, 0.6) is 0 Å². The van der Waals surface area contributed by atoms with Gasteiger partial charge in [0, 0.05) is 14.7 Å². The van der Waals surface area contributed by atoms with E-state index in [0.29, 0.717) is 4.90 Å². The third-order valence-electron chi connectivity index (χ3n) is 4.42. The van der Waals surface area contributed by atoms with Crippen LogP contribution in [-0.4, -0.2) is 0 Å². The minimum atomic E-state index is -0.543. The van der Waals surface area contributed by atoms with Crippen LogP contribution < -0.4 is 0 Å². The third-order valence-corrected chi connectivity index (χ3v) is 7.73. The van der Waals surface area contributed by atoms with Crippen molar-refractivity contribution >= 4 is 35.3 Å². The molecule has 0 aliphatic rings. The summed E-state index contributed by atoms with van der Waals surface area (Å²) in [5, 5.41) is 20.0. The van der Waals surface area contributed by atoms with E-state index in [1.54, 1.807) is 0 Å². The van der Waals surface area contributed by atoms with Crippen molar-refractivity contribution in [3.63, 3.8) is 0 Å². The van der Waals surface area contributed by atoms with Crippen molar-refractivity contribution < 1.29 is 4.39 Å². The zero-order chi connectivity index (χ0) is 22.3. The molecule has 32 heavy (non-hydrogen) atoms. The second-order valence-electron chi connectivity index (χ2n) is 6.52. The Balaban J connectivity index is 1.94. The molecule has 0 radical (unpaired) electrons. The summed E-state index contributed by atoms with van der Waals surface area (Å²) in [6, 6.07) is 32.6. The lowest BCUT2D eigenvalue weighted by atomic mass is 10.1. The highest BCUT2D eigenvalue weighted by atomic mass is 32.2. The van der Waals surface area contributed by atoms with Gasteiger partial charge in [-0.25, -0.2) is 4.39 Å². The lowest BCUT2D eigenvalue weighted by Crippen LogP contribution is -2.00. The largest absolute Gasteiger partial charge is 0.204 e. The maximum absolute atomic E-state index is 15.9. The fourth-order valence-electron chi connectivity index (χ4n) is 2.97. The lowest BCUT2D eigenvalue weighted by Gasteiger charge is -2.17. The van der Waals surface area contributed by atoms with Crippen LogP contribution in [0.15, 0.2) is 120 Å². The van der Waals surface area contributed by atoms with Crippen molar-refractivity contribution in [1.29, 1.82) is 10.5 Å². The second-order valence-corrected chi connectivity index (χ2v) is 9.77. The Morgan fingerprint density at radius 3 is 1.12 bits per heavy atom. The van der Waals surface area contributed by atoms with Crippen LogP contribution >= 0.6 is 35.3 Å². The van der Waals surface area contributed by atoms with Crippen LogP contribution in [0.2, 0.25) is 0 Å². The van der Waals surface area contributed by atoms with Gasteiger partial charge in [-0.2, -0.15) is 10.5 Å². The number of nitrogens with zero attached hydrogens (tertiary/aromatic N) is 2. The third kappa shape index (κ3) is 4.84. The predicted molar refractivity (Wildman–Crippen MR) is 128 cm³/mol. The van der Waals surface area contributed by atoms with Crippen molar-refractivity contribution in [1.82, 2.24) is 0 Å². The molecule has 4 rings (SSSR count). The standard InChI is InChI=1S/C26H15FN2S3/c27-23-25(31-19-12-6-2-7-13-19)21(16-28)24(30-18-10-4-1-5-11-18)22(17-29)26(23)32-20-14-8-3-9-15-20/h1-15H. The van der Waals surface area contributed by atoms with Crippen molar-refractivity contribution in [3.05, 3.63) is 108 Å². The van der Waals surface area contributed by atoms with E-state index in [1.807, 2.05) is 91.0 Å². The van der Waals surface area contributed by atoms with Crippen LogP contribution in [0.3, 0.4) is 0 Å². The molecule has 4 aromatic carbocycles. The lowest BCUT2D eigenvalue weighted by molar-refractivity contribution is 0.570. The Hall–Kier alpha value is -3.16. The molecule has 0 aromatic heterocycles. The van der Waals surface area contributed by atoms with Gasteiger partial charge in [0.25, 0.3) is 0 Å². The first-order chi connectivity index (χ1) is 15.7. The fraction of sp³-hybridized carbons (Fsp3) is 0. The van der Waals surface area contributed by atoms with Gasteiger partial charge in [-0.3, -0.25) is 0 Å². The van der Waals surface area contributed by atoms with Gasteiger partial charge in [-0.1, -0.05) is 89.9 Å². The number of nitriles is 2. The van der Waals surface area contributed by atoms with Crippen LogP contribution in [0, 0.1) is 28.5 Å². The number of hydrogen-bond acceptors (Lipinski definition) is 5. The average Bonchev–Trinajstić information content (AvgIpc) is 2.84. The molecular weight excluding hydrogens is 455 g/mol. The van der Waals surface area contributed by atoms with Gasteiger partial charge >= 0.3 is 0 Å². The summed E-state index contributed by atoms with van der Waals surface area (Å²) in [5.41, 5.74) is 0.360. The molecular formula is C26H15FN2S3. The van der Waals surface area contributed by atoms with Gasteiger partial charge in [-0.05, 0) is 36.4 Å². The fourth-order valence-corrected chi connectivity index (χ4v) is 6.13. The zero-order valence-corrected chi connectivity index (χ0v) is 19.1. The molecule has 0 unspecified atom stereocenters. The first kappa shape index (κ1) is 22.0. The van der Waals surface area contributed by atoms with Crippen LogP contribution in [0.25, 0.3) is 0 Å². The van der Waals surface area contributed by atoms with Crippen LogP contribution in [-0.2, 0) is 0 Å². The highest BCUT2D eigenvalue weighted by Crippen LogP contribution is 2.47. The molecule has 0 aliphatic carbocycles. The molecule has 6 heteroatoms. The smallest absolute Gasteiger partial charge is 0.153 e. The molecule has 154 valence electrons. The molecule has 4 aromatic rings. The quantitative estimate of drug-likeness (QED) is 0.285. The molecule has 0 heterocycles. The Morgan fingerprint density at radius 1 is 0.500 bits per heavy atom. The summed E-state index contributed by atoms with van der Waals surface area (Å²) in [4.78, 5) is 3.44. The summed E-state index contributed by atoms with van der Waals surface area (Å²) in [6.07, 6.45) is 0. The molecule has 0 saturated heterocycles. The SMILES string of the molecule is N#Cc1c(Sc2ccccc2)c(F)c(Sc2ccccc2)c(C#N)c1Sc1ccccc1. The molecule has 0 amide bonds. The topological polar surface area (TPSA) is 47.6 Å². The highest BCUT2D eigenvalue weighted by Gasteiger charge is 2.26. The van der Waals surface area contributed by atoms with Gasteiger partial charge < -0.3 is 0 Å². The van der Waals surface area contributed by atoms with E-state index >= 15 is 4.39 Å². The van der Waals surface area contributed by atoms with Crippen molar-refractivity contribution in [2.45, 2.75) is 29.4 Å². The summed E-state index contributed by atoms with van der Waals surface area (Å²) in [6.45, 7) is 0. The van der Waals surface area contributed by atoms with Crippen molar-refractivity contribution in [2.75, 3.05) is 0 Å². The molecule has 0 bridgehead atoms. The van der Waals surface area contributed by atoms with Crippen LogP contribution in [0.1, 0.15) is 11.1 Å². The Morgan fingerprint density at radius 2 is 0.812 bits per heavy atom. The van der Waals surface area contributed by atoms with E-state index in [9.17, 15) is 10.5 Å². The molecule has 0 saturated carbocycles. The second kappa shape index (κ2) is 10.4. The molecule has 0 N–H and O–H groups in total. The van der Waals surface area contributed by atoms with E-state index in [-0.39, 0.29) is 20.9 Å². The van der Waals surface area contributed by atoms with E-state index in [2.05, 4.69) is 12.1 Å². The van der Waals surface area contributed by atoms with E-state index in [1.165, 1.54) is 35.3 Å². The van der Waals surface area contributed by atoms with Crippen molar-refractivity contribution in [2.24, 2.45) is 0 Å². The average molecular weight is 471 g/mol. The van der Waals surface area contributed by atoms with Gasteiger partial charge in [0.2, 0.25) is 0 Å². The first-order valence-electron chi connectivity index (χ1n) is 9.59. The summed E-state index contributed by atoms with van der Waals surface area (Å²) in [5.74, 6) is -0.543. The van der Waals surface area contributed by atoms with E-state index < -0.39 is 5.82 Å². The zero-order valence-electron chi connectivity index (χ0n) is 16.7. The van der Waals surface area contributed by atoms with E-state index in [0.717, 1.165) is 14.7 Å². The summed E-state index contributed by atoms with van der Waals surface area (Å²) in [7, 11) is 0. The van der Waals surface area contributed by atoms with Gasteiger partial charge in [0.05, 0.1) is 25.8 Å². The summed E-state index contributed by atoms with van der Waals surface area (Å²) < 4.78 is 15.9. The monoisotopic (exact) mass is 470 g/mol. The number of halogens is 1. The highest BCUT2D eigenvalue weighted by molar-refractivity contribution is 8.01. The molecule has 0 fully saturated rings. The Bertz CT molecular complexity index is 1230. The van der Waals surface area contributed by atoms with Gasteiger partial charge in [0.1, 0.15) is 12.1 Å².